The van der Waals surface area contributed by atoms with Crippen molar-refractivity contribution in [1.82, 2.24) is 4.90 Å². The summed E-state index contributed by atoms with van der Waals surface area (Å²) in [6, 6.07) is 20.0. The number of thiocarbonyl (C=S) groups is 1. The highest BCUT2D eigenvalue weighted by Gasteiger charge is 2.13. The molecule has 3 rings (SSSR count). The van der Waals surface area contributed by atoms with Gasteiger partial charge in [0.1, 0.15) is 11.5 Å². The van der Waals surface area contributed by atoms with Crippen molar-refractivity contribution in [2.24, 2.45) is 0 Å². The highest BCUT2D eigenvalue weighted by atomic mass is 32.1. The van der Waals surface area contributed by atoms with Gasteiger partial charge in [-0.1, -0.05) is 35.9 Å². The molecular formula is C21H22N2O2S. The van der Waals surface area contributed by atoms with Crippen molar-refractivity contribution in [3.05, 3.63) is 83.8 Å². The van der Waals surface area contributed by atoms with Gasteiger partial charge in [-0.3, -0.25) is 0 Å². The third-order valence-electron chi connectivity index (χ3n) is 4.03. The number of benzene rings is 2. The molecule has 1 aromatic heterocycles. The van der Waals surface area contributed by atoms with Gasteiger partial charge in [-0.25, -0.2) is 0 Å². The molecule has 0 radical (unpaired) electrons. The standard InChI is InChI=1S/C21H22N2O2S/c1-16-8-10-17(11-9-16)14-23(15-20-7-4-12-25-20)21(26)22-18-5-3-6-19(13-18)24-2/h3-13H,14-15H2,1-2H3,(H,22,26). The van der Waals surface area contributed by atoms with E-state index < -0.39 is 0 Å². The van der Waals surface area contributed by atoms with Crippen LogP contribution in [0.25, 0.3) is 0 Å². The van der Waals surface area contributed by atoms with E-state index in [0.29, 0.717) is 18.2 Å². The Balaban J connectivity index is 1.76. The first-order valence-corrected chi connectivity index (χ1v) is 8.83. The van der Waals surface area contributed by atoms with Crippen LogP contribution in [-0.2, 0) is 13.1 Å². The molecular weight excluding hydrogens is 344 g/mol. The van der Waals surface area contributed by atoms with Crippen LogP contribution >= 0.6 is 12.2 Å². The molecule has 3 aromatic rings. The SMILES string of the molecule is COc1cccc(NC(=S)N(Cc2ccc(C)cc2)Cc2ccco2)c1. The van der Waals surface area contributed by atoms with E-state index in [4.69, 9.17) is 21.4 Å². The van der Waals surface area contributed by atoms with Crippen LogP contribution in [0.3, 0.4) is 0 Å². The second-order valence-electron chi connectivity index (χ2n) is 6.08. The number of nitrogens with one attached hydrogen (secondary N) is 1. The molecule has 5 heteroatoms. The summed E-state index contributed by atoms with van der Waals surface area (Å²) in [6.45, 7) is 3.37. The van der Waals surface area contributed by atoms with Crippen molar-refractivity contribution in [3.8, 4) is 5.75 Å². The lowest BCUT2D eigenvalue weighted by Crippen LogP contribution is -2.33. The molecule has 0 saturated carbocycles. The van der Waals surface area contributed by atoms with Crippen LogP contribution in [-0.4, -0.2) is 17.1 Å². The summed E-state index contributed by atoms with van der Waals surface area (Å²) in [5.74, 6) is 1.65. The topological polar surface area (TPSA) is 37.6 Å². The number of nitrogens with zero attached hydrogens (tertiary/aromatic N) is 1. The van der Waals surface area contributed by atoms with Gasteiger partial charge >= 0.3 is 0 Å². The highest BCUT2D eigenvalue weighted by molar-refractivity contribution is 7.80. The second-order valence-corrected chi connectivity index (χ2v) is 6.47. The highest BCUT2D eigenvalue weighted by Crippen LogP contribution is 2.19. The molecule has 4 nitrogen and oxygen atoms in total. The first-order valence-electron chi connectivity index (χ1n) is 8.42. The first kappa shape index (κ1) is 18.0. The number of hydrogen-bond acceptors (Lipinski definition) is 3. The minimum absolute atomic E-state index is 0.594. The van der Waals surface area contributed by atoms with Crippen molar-refractivity contribution < 1.29 is 9.15 Å². The van der Waals surface area contributed by atoms with E-state index in [0.717, 1.165) is 17.2 Å². The summed E-state index contributed by atoms with van der Waals surface area (Å²) in [7, 11) is 1.65. The largest absolute Gasteiger partial charge is 0.497 e. The molecule has 0 fully saturated rings. The Morgan fingerprint density at radius 3 is 2.58 bits per heavy atom. The molecule has 1 heterocycles. The van der Waals surface area contributed by atoms with Crippen LogP contribution in [0, 0.1) is 6.92 Å². The maximum absolute atomic E-state index is 5.67. The number of methoxy groups -OCH3 is 1. The Bertz CT molecular complexity index is 845. The van der Waals surface area contributed by atoms with Crippen LogP contribution in [0.4, 0.5) is 5.69 Å². The molecule has 0 aliphatic carbocycles. The Labute approximate surface area is 159 Å². The summed E-state index contributed by atoms with van der Waals surface area (Å²) < 4.78 is 10.8. The zero-order valence-electron chi connectivity index (χ0n) is 14.9. The lowest BCUT2D eigenvalue weighted by molar-refractivity contribution is 0.360. The fourth-order valence-corrected chi connectivity index (χ4v) is 2.85. The zero-order chi connectivity index (χ0) is 18.4. The number of aryl methyl sites for hydroxylation is 1. The molecule has 0 unspecified atom stereocenters. The van der Waals surface area contributed by atoms with Crippen LogP contribution in [0.1, 0.15) is 16.9 Å². The van der Waals surface area contributed by atoms with Crippen molar-refractivity contribution in [3.63, 3.8) is 0 Å². The maximum atomic E-state index is 5.67. The van der Waals surface area contributed by atoms with E-state index in [-0.39, 0.29) is 0 Å². The van der Waals surface area contributed by atoms with Gasteiger partial charge < -0.3 is 19.4 Å². The van der Waals surface area contributed by atoms with Gasteiger partial charge in [0.25, 0.3) is 0 Å². The van der Waals surface area contributed by atoms with Gasteiger partial charge in [0.15, 0.2) is 5.11 Å². The third-order valence-corrected chi connectivity index (χ3v) is 4.39. The Morgan fingerprint density at radius 1 is 1.08 bits per heavy atom. The van der Waals surface area contributed by atoms with E-state index in [2.05, 4.69) is 41.4 Å². The Hall–Kier alpha value is -2.79. The number of hydrogen-bond donors (Lipinski definition) is 1. The normalized spacial score (nSPS) is 10.4. The van der Waals surface area contributed by atoms with Gasteiger partial charge in [0.2, 0.25) is 0 Å². The third kappa shape index (κ3) is 4.86. The van der Waals surface area contributed by atoms with E-state index in [1.165, 1.54) is 11.1 Å². The molecule has 0 spiro atoms. The van der Waals surface area contributed by atoms with Gasteiger partial charge in [-0.2, -0.15) is 0 Å². The van der Waals surface area contributed by atoms with E-state index in [1.54, 1.807) is 13.4 Å². The first-order chi connectivity index (χ1) is 12.6. The molecule has 0 amide bonds. The van der Waals surface area contributed by atoms with Crippen molar-refractivity contribution in [2.75, 3.05) is 12.4 Å². The monoisotopic (exact) mass is 366 g/mol. The lowest BCUT2D eigenvalue weighted by Gasteiger charge is -2.25. The van der Waals surface area contributed by atoms with Gasteiger partial charge in [-0.05, 0) is 49.0 Å². The molecule has 0 aliphatic heterocycles. The van der Waals surface area contributed by atoms with E-state index in [9.17, 15) is 0 Å². The van der Waals surface area contributed by atoms with Crippen LogP contribution < -0.4 is 10.1 Å². The molecule has 134 valence electrons. The van der Waals surface area contributed by atoms with Crippen molar-refractivity contribution >= 4 is 23.0 Å². The van der Waals surface area contributed by atoms with Crippen molar-refractivity contribution in [2.45, 2.75) is 20.0 Å². The lowest BCUT2D eigenvalue weighted by atomic mass is 10.1. The van der Waals surface area contributed by atoms with Gasteiger partial charge in [0.05, 0.1) is 19.9 Å². The predicted molar refractivity (Wildman–Crippen MR) is 108 cm³/mol. The smallest absolute Gasteiger partial charge is 0.174 e. The molecule has 2 aromatic carbocycles. The van der Waals surface area contributed by atoms with Crippen molar-refractivity contribution in [1.29, 1.82) is 0 Å². The summed E-state index contributed by atoms with van der Waals surface area (Å²) >= 11 is 5.67. The molecule has 0 bridgehead atoms. The average molecular weight is 366 g/mol. The second kappa shape index (κ2) is 8.54. The van der Waals surface area contributed by atoms with E-state index in [1.807, 2.05) is 36.4 Å². The number of furan rings is 1. The van der Waals surface area contributed by atoms with Gasteiger partial charge in [-0.15, -0.1) is 0 Å². The van der Waals surface area contributed by atoms with Crippen LogP contribution in [0.15, 0.2) is 71.3 Å². The maximum Gasteiger partial charge on any atom is 0.174 e. The minimum atomic E-state index is 0.594. The fraction of sp³-hybridized carbons (Fsp3) is 0.190. The van der Waals surface area contributed by atoms with Gasteiger partial charge in [0, 0.05) is 18.3 Å². The summed E-state index contributed by atoms with van der Waals surface area (Å²) in [5, 5.41) is 3.93. The summed E-state index contributed by atoms with van der Waals surface area (Å²) in [6.07, 6.45) is 1.68. The molecule has 26 heavy (non-hydrogen) atoms. The number of rotatable bonds is 6. The number of anilines is 1. The van der Waals surface area contributed by atoms with E-state index >= 15 is 0 Å². The molecule has 0 saturated heterocycles. The Kier molecular flexibility index (Phi) is 5.92. The molecule has 1 N–H and O–H groups in total. The molecule has 0 atom stereocenters. The van der Waals surface area contributed by atoms with Crippen LogP contribution in [0.5, 0.6) is 5.75 Å². The number of ether oxygens (including phenoxy) is 1. The fourth-order valence-electron chi connectivity index (χ4n) is 2.61. The predicted octanol–water partition coefficient (Wildman–Crippen LogP) is 5.00. The Morgan fingerprint density at radius 2 is 1.88 bits per heavy atom. The van der Waals surface area contributed by atoms with Crippen LogP contribution in [0.2, 0.25) is 0 Å². The minimum Gasteiger partial charge on any atom is -0.497 e. The zero-order valence-corrected chi connectivity index (χ0v) is 15.8. The summed E-state index contributed by atoms with van der Waals surface area (Å²) in [4.78, 5) is 2.08. The summed E-state index contributed by atoms with van der Waals surface area (Å²) in [5.41, 5.74) is 3.32. The molecule has 0 aliphatic rings. The quantitative estimate of drug-likeness (QED) is 0.622. The average Bonchev–Trinajstić information content (AvgIpc) is 3.16.